The van der Waals surface area contributed by atoms with E-state index in [0.29, 0.717) is 12.5 Å². The Morgan fingerprint density at radius 1 is 1.21 bits per heavy atom. The first-order valence-electron chi connectivity index (χ1n) is 7.29. The Hall–Kier alpha value is -1.06. The molecule has 0 heterocycles. The summed E-state index contributed by atoms with van der Waals surface area (Å²) < 4.78 is 5.88. The van der Waals surface area contributed by atoms with E-state index in [1.54, 1.807) is 0 Å². The minimum Gasteiger partial charge on any atom is -0.493 e. The molecule has 19 heavy (non-hydrogen) atoms. The summed E-state index contributed by atoms with van der Waals surface area (Å²) in [6.07, 6.45) is 2.20. The lowest BCUT2D eigenvalue weighted by Crippen LogP contribution is -2.23. The Balaban J connectivity index is 2.30. The predicted octanol–water partition coefficient (Wildman–Crippen LogP) is 2.83. The number of unbranched alkanes of at least 4 members (excludes halogenated alkanes) is 1. The molecule has 0 aliphatic rings. The second kappa shape index (κ2) is 8.94. The first-order chi connectivity index (χ1) is 9.15. The van der Waals surface area contributed by atoms with Crippen LogP contribution < -0.4 is 15.8 Å². The van der Waals surface area contributed by atoms with Crippen molar-refractivity contribution in [1.82, 2.24) is 5.32 Å². The molecule has 0 bridgehead atoms. The van der Waals surface area contributed by atoms with Crippen LogP contribution in [0, 0.1) is 6.92 Å². The van der Waals surface area contributed by atoms with E-state index in [1.807, 2.05) is 0 Å². The minimum absolute atomic E-state index is 0.545. The SMILES string of the molecule is Cc1ccc(C(C)C)cc1OCCCCNCCN. The van der Waals surface area contributed by atoms with Gasteiger partial charge < -0.3 is 15.8 Å². The Kier molecular flexibility index (Phi) is 7.53. The molecular formula is C16H28N2O. The zero-order valence-electron chi connectivity index (χ0n) is 12.5. The van der Waals surface area contributed by atoms with Crippen LogP contribution in [0.5, 0.6) is 5.75 Å². The van der Waals surface area contributed by atoms with Crippen molar-refractivity contribution >= 4 is 0 Å². The van der Waals surface area contributed by atoms with Crippen molar-refractivity contribution in [3.8, 4) is 5.75 Å². The molecule has 0 aliphatic carbocycles. The predicted molar refractivity (Wildman–Crippen MR) is 81.9 cm³/mol. The van der Waals surface area contributed by atoms with Crippen LogP contribution in [-0.4, -0.2) is 26.2 Å². The normalized spacial score (nSPS) is 11.0. The molecule has 0 amide bonds. The average molecular weight is 264 g/mol. The molecule has 0 saturated carbocycles. The van der Waals surface area contributed by atoms with Crippen LogP contribution in [0.25, 0.3) is 0 Å². The van der Waals surface area contributed by atoms with Crippen LogP contribution >= 0.6 is 0 Å². The lowest BCUT2D eigenvalue weighted by molar-refractivity contribution is 0.303. The lowest BCUT2D eigenvalue weighted by Gasteiger charge is -2.13. The maximum Gasteiger partial charge on any atom is 0.122 e. The van der Waals surface area contributed by atoms with Gasteiger partial charge in [-0.1, -0.05) is 26.0 Å². The van der Waals surface area contributed by atoms with Gasteiger partial charge in [-0.15, -0.1) is 0 Å². The van der Waals surface area contributed by atoms with Crippen LogP contribution in [0.1, 0.15) is 43.7 Å². The van der Waals surface area contributed by atoms with Crippen molar-refractivity contribution in [2.24, 2.45) is 5.73 Å². The largest absolute Gasteiger partial charge is 0.493 e. The molecule has 0 aliphatic heterocycles. The van der Waals surface area contributed by atoms with Gasteiger partial charge in [0.2, 0.25) is 0 Å². The van der Waals surface area contributed by atoms with Crippen LogP contribution in [0.2, 0.25) is 0 Å². The molecule has 1 aromatic rings. The summed E-state index contributed by atoms with van der Waals surface area (Å²) in [5, 5.41) is 3.29. The van der Waals surface area contributed by atoms with Gasteiger partial charge in [0.25, 0.3) is 0 Å². The van der Waals surface area contributed by atoms with E-state index in [1.165, 1.54) is 11.1 Å². The van der Waals surface area contributed by atoms with E-state index in [4.69, 9.17) is 10.5 Å². The molecule has 0 radical (unpaired) electrons. The summed E-state index contributed by atoms with van der Waals surface area (Å²) in [6, 6.07) is 6.50. The first kappa shape index (κ1) is 16.0. The maximum absolute atomic E-state index is 5.88. The van der Waals surface area contributed by atoms with Crippen molar-refractivity contribution in [2.45, 2.75) is 39.5 Å². The van der Waals surface area contributed by atoms with Gasteiger partial charge in [0.15, 0.2) is 0 Å². The number of hydrogen-bond donors (Lipinski definition) is 2. The molecule has 1 aromatic carbocycles. The van der Waals surface area contributed by atoms with Gasteiger partial charge in [0.05, 0.1) is 6.61 Å². The summed E-state index contributed by atoms with van der Waals surface area (Å²) in [5.41, 5.74) is 7.97. The van der Waals surface area contributed by atoms with Gasteiger partial charge >= 0.3 is 0 Å². The topological polar surface area (TPSA) is 47.3 Å². The summed E-state index contributed by atoms with van der Waals surface area (Å²) in [4.78, 5) is 0. The van der Waals surface area contributed by atoms with Gasteiger partial charge in [-0.2, -0.15) is 0 Å². The summed E-state index contributed by atoms with van der Waals surface area (Å²) in [6.45, 7) is 9.92. The number of nitrogens with two attached hydrogens (primary N) is 1. The van der Waals surface area contributed by atoms with Crippen molar-refractivity contribution in [2.75, 3.05) is 26.2 Å². The lowest BCUT2D eigenvalue weighted by atomic mass is 10.0. The number of hydrogen-bond acceptors (Lipinski definition) is 3. The average Bonchev–Trinajstić information content (AvgIpc) is 2.39. The van der Waals surface area contributed by atoms with Gasteiger partial charge in [-0.05, 0) is 49.4 Å². The van der Waals surface area contributed by atoms with Gasteiger partial charge in [0.1, 0.15) is 5.75 Å². The third-order valence-corrected chi connectivity index (χ3v) is 3.21. The van der Waals surface area contributed by atoms with Crippen LogP contribution in [0.4, 0.5) is 0 Å². The molecule has 108 valence electrons. The Morgan fingerprint density at radius 2 is 2.00 bits per heavy atom. The highest BCUT2D eigenvalue weighted by atomic mass is 16.5. The fourth-order valence-electron chi connectivity index (χ4n) is 1.89. The van der Waals surface area contributed by atoms with Crippen molar-refractivity contribution in [3.05, 3.63) is 29.3 Å². The molecule has 3 heteroatoms. The van der Waals surface area contributed by atoms with Gasteiger partial charge in [0, 0.05) is 13.1 Å². The summed E-state index contributed by atoms with van der Waals surface area (Å²) >= 11 is 0. The van der Waals surface area contributed by atoms with Gasteiger partial charge in [-0.3, -0.25) is 0 Å². The molecule has 0 spiro atoms. The third-order valence-electron chi connectivity index (χ3n) is 3.21. The fourth-order valence-corrected chi connectivity index (χ4v) is 1.89. The molecule has 0 unspecified atom stereocenters. The number of benzene rings is 1. The van der Waals surface area contributed by atoms with Crippen molar-refractivity contribution < 1.29 is 4.74 Å². The second-order valence-electron chi connectivity index (χ2n) is 5.27. The van der Waals surface area contributed by atoms with E-state index >= 15 is 0 Å². The number of ether oxygens (including phenoxy) is 1. The monoisotopic (exact) mass is 264 g/mol. The number of nitrogens with one attached hydrogen (secondary N) is 1. The smallest absolute Gasteiger partial charge is 0.122 e. The molecule has 3 N–H and O–H groups in total. The van der Waals surface area contributed by atoms with Crippen LogP contribution in [-0.2, 0) is 0 Å². The van der Waals surface area contributed by atoms with E-state index in [9.17, 15) is 0 Å². The van der Waals surface area contributed by atoms with Crippen LogP contribution in [0.15, 0.2) is 18.2 Å². The Bertz CT molecular complexity index is 364. The van der Waals surface area contributed by atoms with E-state index < -0.39 is 0 Å². The van der Waals surface area contributed by atoms with Crippen molar-refractivity contribution in [3.63, 3.8) is 0 Å². The second-order valence-corrected chi connectivity index (χ2v) is 5.27. The quantitative estimate of drug-likeness (QED) is 0.674. The highest BCUT2D eigenvalue weighted by Crippen LogP contribution is 2.24. The highest BCUT2D eigenvalue weighted by molar-refractivity contribution is 5.37. The molecule has 3 nitrogen and oxygen atoms in total. The zero-order chi connectivity index (χ0) is 14.1. The molecule has 0 fully saturated rings. The molecule has 0 atom stereocenters. The Morgan fingerprint density at radius 3 is 2.68 bits per heavy atom. The highest BCUT2D eigenvalue weighted by Gasteiger charge is 2.04. The maximum atomic E-state index is 5.88. The van der Waals surface area contributed by atoms with E-state index in [0.717, 1.165) is 38.3 Å². The van der Waals surface area contributed by atoms with Crippen LogP contribution in [0.3, 0.4) is 0 Å². The fraction of sp³-hybridized carbons (Fsp3) is 0.625. The Labute approximate surface area is 117 Å². The molecule has 0 aromatic heterocycles. The number of aryl methyl sites for hydroxylation is 1. The minimum atomic E-state index is 0.545. The first-order valence-corrected chi connectivity index (χ1v) is 7.29. The summed E-state index contributed by atoms with van der Waals surface area (Å²) in [5.74, 6) is 1.57. The number of rotatable bonds is 9. The zero-order valence-corrected chi connectivity index (χ0v) is 12.5. The summed E-state index contributed by atoms with van der Waals surface area (Å²) in [7, 11) is 0. The van der Waals surface area contributed by atoms with E-state index in [-0.39, 0.29) is 0 Å². The van der Waals surface area contributed by atoms with E-state index in [2.05, 4.69) is 44.3 Å². The molecule has 0 saturated heterocycles. The molecule has 1 rings (SSSR count). The molecular weight excluding hydrogens is 236 g/mol. The van der Waals surface area contributed by atoms with Crippen molar-refractivity contribution in [1.29, 1.82) is 0 Å². The standard InChI is InChI=1S/C16H28N2O/c1-13(2)15-7-6-14(3)16(12-15)19-11-5-4-9-18-10-8-17/h6-7,12-13,18H,4-5,8-11,17H2,1-3H3. The third kappa shape index (κ3) is 6.08. The van der Waals surface area contributed by atoms with Gasteiger partial charge in [-0.25, -0.2) is 0 Å².